The van der Waals surface area contributed by atoms with Gasteiger partial charge in [-0.25, -0.2) is 17.5 Å². The lowest BCUT2D eigenvalue weighted by Crippen LogP contribution is -2.22. The van der Waals surface area contributed by atoms with Crippen molar-refractivity contribution >= 4 is 27.6 Å². The number of nitrogens with zero attached hydrogens (tertiary/aromatic N) is 1. The number of aromatic carboxylic acids is 1. The van der Waals surface area contributed by atoms with Crippen molar-refractivity contribution in [2.75, 3.05) is 14.1 Å². The highest BCUT2D eigenvalue weighted by Crippen LogP contribution is 2.31. The third kappa shape index (κ3) is 3.14. The second-order valence-electron chi connectivity index (χ2n) is 4.82. The van der Waals surface area contributed by atoms with E-state index >= 15 is 0 Å². The fraction of sp³-hybridized carbons (Fsp3) is 0.133. The Hall–Kier alpha value is -1.89. The maximum atomic E-state index is 12.4. The van der Waals surface area contributed by atoms with E-state index in [1.807, 2.05) is 0 Å². The molecule has 0 saturated heterocycles. The largest absolute Gasteiger partial charge is 0.478 e. The summed E-state index contributed by atoms with van der Waals surface area (Å²) in [6.07, 6.45) is 0. The molecule has 7 heteroatoms. The number of carbonyl (C=O) groups is 1. The Labute approximate surface area is 133 Å². The molecule has 0 spiro atoms. The number of benzene rings is 2. The van der Waals surface area contributed by atoms with Crippen molar-refractivity contribution in [3.8, 4) is 11.1 Å². The third-order valence-electron chi connectivity index (χ3n) is 3.10. The molecular weight excluding hydrogens is 326 g/mol. The van der Waals surface area contributed by atoms with Crippen molar-refractivity contribution < 1.29 is 18.3 Å². The van der Waals surface area contributed by atoms with Gasteiger partial charge in [-0.1, -0.05) is 29.8 Å². The molecule has 2 aromatic rings. The molecular formula is C15H14ClNO4S. The first kappa shape index (κ1) is 16.5. The Kier molecular flexibility index (Phi) is 4.55. The maximum absolute atomic E-state index is 12.4. The van der Waals surface area contributed by atoms with Gasteiger partial charge in [-0.2, -0.15) is 0 Å². The summed E-state index contributed by atoms with van der Waals surface area (Å²) in [5.41, 5.74) is 0.840. The average molecular weight is 340 g/mol. The van der Waals surface area contributed by atoms with Gasteiger partial charge in [0.05, 0.1) is 10.5 Å². The Morgan fingerprint density at radius 3 is 2.36 bits per heavy atom. The lowest BCUT2D eigenvalue weighted by Gasteiger charge is -2.15. The van der Waals surface area contributed by atoms with E-state index in [2.05, 4.69) is 0 Å². The Balaban J connectivity index is 2.72. The van der Waals surface area contributed by atoms with E-state index < -0.39 is 16.0 Å². The van der Waals surface area contributed by atoms with Gasteiger partial charge in [0.1, 0.15) is 0 Å². The highest BCUT2D eigenvalue weighted by molar-refractivity contribution is 7.89. The summed E-state index contributed by atoms with van der Waals surface area (Å²) in [5, 5.41) is 9.34. The zero-order chi connectivity index (χ0) is 16.5. The van der Waals surface area contributed by atoms with Crippen molar-refractivity contribution in [2.24, 2.45) is 0 Å². The van der Waals surface area contributed by atoms with Crippen LogP contribution in [-0.2, 0) is 10.0 Å². The minimum atomic E-state index is -3.66. The molecule has 1 N–H and O–H groups in total. The van der Waals surface area contributed by atoms with Gasteiger partial charge in [0.15, 0.2) is 0 Å². The minimum absolute atomic E-state index is 0.000413. The average Bonchev–Trinajstić information content (AvgIpc) is 2.46. The maximum Gasteiger partial charge on any atom is 0.335 e. The molecule has 0 atom stereocenters. The summed E-state index contributed by atoms with van der Waals surface area (Å²) in [7, 11) is -0.784. The third-order valence-corrected chi connectivity index (χ3v) is 5.19. The minimum Gasteiger partial charge on any atom is -0.478 e. The molecule has 2 rings (SSSR count). The molecule has 0 unspecified atom stereocenters. The zero-order valence-electron chi connectivity index (χ0n) is 11.9. The van der Waals surface area contributed by atoms with Crippen LogP contribution in [0.4, 0.5) is 0 Å². The molecule has 2 aromatic carbocycles. The quantitative estimate of drug-likeness (QED) is 0.929. The van der Waals surface area contributed by atoms with E-state index in [0.717, 1.165) is 4.31 Å². The molecule has 0 heterocycles. The number of hydrogen-bond donors (Lipinski definition) is 1. The second kappa shape index (κ2) is 6.08. The summed E-state index contributed by atoms with van der Waals surface area (Å²) in [6.45, 7) is 0. The van der Waals surface area contributed by atoms with Gasteiger partial charge in [0.25, 0.3) is 0 Å². The van der Waals surface area contributed by atoms with Crippen LogP contribution in [-0.4, -0.2) is 37.9 Å². The number of rotatable bonds is 4. The Bertz CT molecular complexity index is 831. The van der Waals surface area contributed by atoms with Crippen LogP contribution < -0.4 is 0 Å². The van der Waals surface area contributed by atoms with E-state index in [1.165, 1.54) is 38.4 Å². The molecule has 0 aliphatic carbocycles. The Morgan fingerprint density at radius 1 is 1.14 bits per heavy atom. The van der Waals surface area contributed by atoms with Crippen molar-refractivity contribution in [1.29, 1.82) is 0 Å². The molecule has 0 saturated carbocycles. The van der Waals surface area contributed by atoms with Crippen LogP contribution in [0.25, 0.3) is 11.1 Å². The SMILES string of the molecule is CN(C)S(=O)(=O)c1ccccc1-c1cc(Cl)cc(C(=O)O)c1. The van der Waals surface area contributed by atoms with Crippen LogP contribution in [0.5, 0.6) is 0 Å². The smallest absolute Gasteiger partial charge is 0.335 e. The zero-order valence-corrected chi connectivity index (χ0v) is 13.5. The van der Waals surface area contributed by atoms with Gasteiger partial charge in [-0.15, -0.1) is 0 Å². The van der Waals surface area contributed by atoms with Crippen molar-refractivity contribution in [1.82, 2.24) is 4.31 Å². The first-order valence-corrected chi connectivity index (χ1v) is 8.11. The molecule has 0 aliphatic heterocycles. The summed E-state index contributed by atoms with van der Waals surface area (Å²) in [4.78, 5) is 11.2. The molecule has 5 nitrogen and oxygen atoms in total. The van der Waals surface area contributed by atoms with Gasteiger partial charge in [-0.3, -0.25) is 0 Å². The molecule has 0 aliphatic rings. The fourth-order valence-electron chi connectivity index (χ4n) is 2.00. The second-order valence-corrected chi connectivity index (χ2v) is 7.37. The predicted octanol–water partition coefficient (Wildman–Crippen LogP) is 2.96. The van der Waals surface area contributed by atoms with Crippen LogP contribution >= 0.6 is 11.6 Å². The van der Waals surface area contributed by atoms with Crippen LogP contribution in [0, 0.1) is 0 Å². The van der Waals surface area contributed by atoms with Crippen LogP contribution in [0.3, 0.4) is 0 Å². The first-order chi connectivity index (χ1) is 10.2. The molecule has 22 heavy (non-hydrogen) atoms. The fourth-order valence-corrected chi connectivity index (χ4v) is 3.34. The molecule has 0 amide bonds. The highest BCUT2D eigenvalue weighted by Gasteiger charge is 2.22. The lowest BCUT2D eigenvalue weighted by molar-refractivity contribution is 0.0697. The monoisotopic (exact) mass is 339 g/mol. The molecule has 0 fully saturated rings. The lowest BCUT2D eigenvalue weighted by atomic mass is 10.0. The van der Waals surface area contributed by atoms with E-state index in [1.54, 1.807) is 18.2 Å². The summed E-state index contributed by atoms with van der Waals surface area (Å²) in [6, 6.07) is 10.7. The standard InChI is InChI=1S/C15H14ClNO4S/c1-17(2)22(20,21)14-6-4-3-5-13(14)10-7-11(15(18)19)9-12(16)8-10/h3-9H,1-2H3,(H,18,19). The molecule has 116 valence electrons. The van der Waals surface area contributed by atoms with Gasteiger partial charge >= 0.3 is 5.97 Å². The van der Waals surface area contributed by atoms with Crippen LogP contribution in [0.2, 0.25) is 5.02 Å². The van der Waals surface area contributed by atoms with Crippen molar-refractivity contribution in [3.63, 3.8) is 0 Å². The van der Waals surface area contributed by atoms with E-state index in [9.17, 15) is 13.2 Å². The molecule has 0 bridgehead atoms. The highest BCUT2D eigenvalue weighted by atomic mass is 35.5. The van der Waals surface area contributed by atoms with Gasteiger partial charge in [0.2, 0.25) is 10.0 Å². The van der Waals surface area contributed by atoms with Crippen LogP contribution in [0.15, 0.2) is 47.4 Å². The first-order valence-electron chi connectivity index (χ1n) is 6.29. The van der Waals surface area contributed by atoms with Gasteiger partial charge in [0, 0.05) is 24.7 Å². The topological polar surface area (TPSA) is 74.7 Å². The van der Waals surface area contributed by atoms with E-state index in [4.69, 9.17) is 16.7 Å². The number of carboxylic acid groups (broad SMARTS) is 1. The van der Waals surface area contributed by atoms with Gasteiger partial charge in [-0.05, 0) is 29.8 Å². The summed E-state index contributed by atoms with van der Waals surface area (Å²) < 4.78 is 25.9. The number of halogens is 1. The van der Waals surface area contributed by atoms with Gasteiger partial charge < -0.3 is 5.11 Å². The summed E-state index contributed by atoms with van der Waals surface area (Å²) in [5.74, 6) is -1.13. The van der Waals surface area contributed by atoms with Crippen molar-refractivity contribution in [3.05, 3.63) is 53.1 Å². The molecule has 0 aromatic heterocycles. The number of sulfonamides is 1. The van der Waals surface area contributed by atoms with E-state index in [-0.39, 0.29) is 15.5 Å². The van der Waals surface area contributed by atoms with E-state index in [0.29, 0.717) is 11.1 Å². The Morgan fingerprint density at radius 2 is 1.77 bits per heavy atom. The normalized spacial score (nSPS) is 11.6. The van der Waals surface area contributed by atoms with Crippen LogP contribution in [0.1, 0.15) is 10.4 Å². The molecule has 0 radical (unpaired) electrons. The number of carboxylic acids is 1. The summed E-state index contributed by atoms with van der Waals surface area (Å²) >= 11 is 5.95. The number of hydrogen-bond acceptors (Lipinski definition) is 3. The van der Waals surface area contributed by atoms with Crippen molar-refractivity contribution in [2.45, 2.75) is 4.90 Å². The predicted molar refractivity (Wildman–Crippen MR) is 84.7 cm³/mol.